The van der Waals surface area contributed by atoms with Gasteiger partial charge in [-0.05, 0) is 38.0 Å². The van der Waals surface area contributed by atoms with E-state index in [2.05, 4.69) is 19.2 Å². The van der Waals surface area contributed by atoms with E-state index in [1.165, 1.54) is 31.8 Å². The largest absolute Gasteiger partial charge is 0.478 e. The lowest BCUT2D eigenvalue weighted by molar-refractivity contribution is -0.131. The van der Waals surface area contributed by atoms with Gasteiger partial charge in [0, 0.05) is 18.7 Å². The molecule has 0 amide bonds. The molecule has 16 heavy (non-hydrogen) atoms. The van der Waals surface area contributed by atoms with E-state index < -0.39 is 5.97 Å². The number of carbonyl (C=O) groups is 1. The Morgan fingerprint density at radius 1 is 1.44 bits per heavy atom. The monoisotopic (exact) mass is 225 g/mol. The molecule has 1 aliphatic rings. The van der Waals surface area contributed by atoms with Gasteiger partial charge in [-0.2, -0.15) is 0 Å². The van der Waals surface area contributed by atoms with Gasteiger partial charge in [-0.15, -0.1) is 0 Å². The fourth-order valence-corrected chi connectivity index (χ4v) is 2.17. The highest BCUT2D eigenvalue weighted by atomic mass is 16.4. The van der Waals surface area contributed by atoms with E-state index in [1.54, 1.807) is 0 Å². The van der Waals surface area contributed by atoms with Crippen LogP contribution in [0.3, 0.4) is 0 Å². The molecule has 3 nitrogen and oxygen atoms in total. The number of aliphatic carboxylic acids is 1. The Kier molecular flexibility index (Phi) is 4.54. The zero-order valence-corrected chi connectivity index (χ0v) is 10.5. The Labute approximate surface area is 97.9 Å². The minimum Gasteiger partial charge on any atom is -0.478 e. The highest BCUT2D eigenvalue weighted by Gasteiger charge is 2.26. The van der Waals surface area contributed by atoms with Crippen LogP contribution < -0.4 is 5.32 Å². The summed E-state index contributed by atoms with van der Waals surface area (Å²) < 4.78 is 0. The predicted molar refractivity (Wildman–Crippen MR) is 65.4 cm³/mol. The van der Waals surface area contributed by atoms with Gasteiger partial charge >= 0.3 is 5.97 Å². The highest BCUT2D eigenvalue weighted by Crippen LogP contribution is 2.34. The van der Waals surface area contributed by atoms with E-state index in [0.717, 1.165) is 5.57 Å². The number of carboxylic acids is 1. The average Bonchev–Trinajstić information content (AvgIpc) is 2.15. The molecule has 3 heteroatoms. The van der Waals surface area contributed by atoms with Gasteiger partial charge in [0.2, 0.25) is 0 Å². The van der Waals surface area contributed by atoms with Crippen LogP contribution in [0.25, 0.3) is 0 Å². The second kappa shape index (κ2) is 5.48. The van der Waals surface area contributed by atoms with Crippen molar-refractivity contribution in [2.75, 3.05) is 6.54 Å². The third-order valence-electron chi connectivity index (χ3n) is 3.38. The topological polar surface area (TPSA) is 49.3 Å². The maximum atomic E-state index is 10.4. The molecule has 1 rings (SSSR count). The lowest BCUT2D eigenvalue weighted by Crippen LogP contribution is -2.36. The van der Waals surface area contributed by atoms with Crippen molar-refractivity contribution < 1.29 is 9.90 Å². The second-order valence-electron chi connectivity index (χ2n) is 5.65. The third-order valence-corrected chi connectivity index (χ3v) is 3.38. The average molecular weight is 225 g/mol. The molecule has 0 saturated heterocycles. The molecule has 1 fully saturated rings. The minimum absolute atomic E-state index is 0.490. The van der Waals surface area contributed by atoms with Crippen LogP contribution in [0, 0.1) is 5.41 Å². The van der Waals surface area contributed by atoms with Crippen molar-refractivity contribution in [2.24, 2.45) is 5.41 Å². The van der Waals surface area contributed by atoms with Gasteiger partial charge in [-0.25, -0.2) is 4.79 Å². The summed E-state index contributed by atoms with van der Waals surface area (Å²) in [4.78, 5) is 10.4. The second-order valence-corrected chi connectivity index (χ2v) is 5.65. The first-order valence-electron chi connectivity index (χ1n) is 6.02. The first-order valence-corrected chi connectivity index (χ1v) is 6.02. The van der Waals surface area contributed by atoms with Crippen molar-refractivity contribution in [1.82, 2.24) is 5.32 Å². The zero-order chi connectivity index (χ0) is 12.2. The molecule has 0 bridgehead atoms. The van der Waals surface area contributed by atoms with Crippen LogP contribution in [0.1, 0.15) is 46.5 Å². The highest BCUT2D eigenvalue weighted by molar-refractivity contribution is 5.80. The van der Waals surface area contributed by atoms with Crippen LogP contribution in [0.15, 0.2) is 11.6 Å². The van der Waals surface area contributed by atoms with E-state index in [0.29, 0.717) is 18.0 Å². The quantitative estimate of drug-likeness (QED) is 0.723. The molecular weight excluding hydrogens is 202 g/mol. The van der Waals surface area contributed by atoms with Gasteiger partial charge in [0.1, 0.15) is 0 Å². The smallest absolute Gasteiger partial charge is 0.328 e. The fourth-order valence-electron chi connectivity index (χ4n) is 2.17. The summed E-state index contributed by atoms with van der Waals surface area (Å²) in [7, 11) is 0. The van der Waals surface area contributed by atoms with Gasteiger partial charge in [0.05, 0.1) is 0 Å². The van der Waals surface area contributed by atoms with E-state index in [4.69, 9.17) is 5.11 Å². The maximum Gasteiger partial charge on any atom is 0.328 e. The normalized spacial score (nSPS) is 22.1. The molecular formula is C13H23NO2. The van der Waals surface area contributed by atoms with Crippen molar-refractivity contribution in [3.05, 3.63) is 11.6 Å². The van der Waals surface area contributed by atoms with Crippen molar-refractivity contribution >= 4 is 5.97 Å². The Hall–Kier alpha value is -0.830. The lowest BCUT2D eigenvalue weighted by atomic mass is 9.75. The third kappa shape index (κ3) is 4.79. The zero-order valence-electron chi connectivity index (χ0n) is 10.5. The SMILES string of the molecule is CC(=CC(=O)O)CNC1CCC(C)(C)CC1. The Balaban J connectivity index is 2.27. The molecule has 0 unspecified atom stereocenters. The van der Waals surface area contributed by atoms with Crippen molar-refractivity contribution in [3.8, 4) is 0 Å². The number of nitrogens with one attached hydrogen (secondary N) is 1. The summed E-state index contributed by atoms with van der Waals surface area (Å²) in [5, 5.41) is 12.0. The van der Waals surface area contributed by atoms with Crippen LogP contribution in [0.4, 0.5) is 0 Å². The predicted octanol–water partition coefficient (Wildman–Crippen LogP) is 2.58. The van der Waals surface area contributed by atoms with Crippen molar-refractivity contribution in [1.29, 1.82) is 0 Å². The van der Waals surface area contributed by atoms with E-state index in [9.17, 15) is 4.79 Å². The first-order chi connectivity index (χ1) is 7.39. The molecule has 92 valence electrons. The number of rotatable bonds is 4. The maximum absolute atomic E-state index is 10.4. The van der Waals surface area contributed by atoms with Crippen molar-refractivity contribution in [2.45, 2.75) is 52.5 Å². The van der Waals surface area contributed by atoms with Gasteiger partial charge in [-0.3, -0.25) is 0 Å². The standard InChI is InChI=1S/C13H23NO2/c1-10(8-12(15)16)9-14-11-4-6-13(2,3)7-5-11/h8,11,14H,4-7,9H2,1-3H3,(H,15,16). The van der Waals surface area contributed by atoms with E-state index in [1.807, 2.05) is 6.92 Å². The lowest BCUT2D eigenvalue weighted by Gasteiger charge is -2.34. The number of carboxylic acid groups (broad SMARTS) is 1. The summed E-state index contributed by atoms with van der Waals surface area (Å²) in [5.41, 5.74) is 1.38. The summed E-state index contributed by atoms with van der Waals surface area (Å²) in [5.74, 6) is -0.857. The summed E-state index contributed by atoms with van der Waals surface area (Å²) in [6.45, 7) is 7.18. The Morgan fingerprint density at radius 2 is 2.00 bits per heavy atom. The fraction of sp³-hybridized carbons (Fsp3) is 0.769. The van der Waals surface area contributed by atoms with Gasteiger partial charge in [0.25, 0.3) is 0 Å². The van der Waals surface area contributed by atoms with E-state index >= 15 is 0 Å². The molecule has 0 heterocycles. The first kappa shape index (κ1) is 13.2. The molecule has 1 aliphatic carbocycles. The van der Waals surface area contributed by atoms with Crippen LogP contribution in [-0.4, -0.2) is 23.7 Å². The molecule has 1 saturated carbocycles. The van der Waals surface area contributed by atoms with Gasteiger partial charge in [0.15, 0.2) is 0 Å². The van der Waals surface area contributed by atoms with Gasteiger partial charge in [-0.1, -0.05) is 19.4 Å². The molecule has 0 spiro atoms. The molecule has 0 aliphatic heterocycles. The molecule has 0 aromatic rings. The number of hydrogen-bond donors (Lipinski definition) is 2. The molecule has 0 atom stereocenters. The van der Waals surface area contributed by atoms with Crippen molar-refractivity contribution in [3.63, 3.8) is 0 Å². The minimum atomic E-state index is -0.857. The Bertz CT molecular complexity index is 272. The van der Waals surface area contributed by atoms with Crippen LogP contribution in [0.5, 0.6) is 0 Å². The van der Waals surface area contributed by atoms with E-state index in [-0.39, 0.29) is 0 Å². The van der Waals surface area contributed by atoms with Crippen LogP contribution in [0.2, 0.25) is 0 Å². The summed E-state index contributed by atoms with van der Waals surface area (Å²) >= 11 is 0. The van der Waals surface area contributed by atoms with Gasteiger partial charge < -0.3 is 10.4 Å². The molecule has 0 radical (unpaired) electrons. The number of hydrogen-bond acceptors (Lipinski definition) is 2. The van der Waals surface area contributed by atoms with Crippen LogP contribution in [-0.2, 0) is 4.79 Å². The Morgan fingerprint density at radius 3 is 2.50 bits per heavy atom. The summed E-state index contributed by atoms with van der Waals surface area (Å²) in [6.07, 6.45) is 6.19. The van der Waals surface area contributed by atoms with Crippen LogP contribution >= 0.6 is 0 Å². The summed E-state index contributed by atoms with van der Waals surface area (Å²) in [6, 6.07) is 0.560. The molecule has 2 N–H and O–H groups in total. The molecule has 0 aromatic carbocycles. The molecule has 0 aromatic heterocycles.